The topological polar surface area (TPSA) is 50.7 Å². The van der Waals surface area contributed by atoms with E-state index >= 15 is 0 Å². The maximum absolute atomic E-state index is 4.96. The molecule has 4 heteroatoms. The second-order valence-electron chi connectivity index (χ2n) is 8.93. The Kier molecular flexibility index (Phi) is 4.47. The van der Waals surface area contributed by atoms with Crippen molar-refractivity contribution in [2.24, 2.45) is 0 Å². The monoisotopic (exact) mass is 348 g/mol. The Bertz CT molecular complexity index is 946. The zero-order valence-electron chi connectivity index (χ0n) is 16.8. The third-order valence-electron chi connectivity index (χ3n) is 4.44. The number of pyridine rings is 1. The number of hydrogen-bond acceptors (Lipinski definition) is 4. The highest BCUT2D eigenvalue weighted by Crippen LogP contribution is 2.34. The van der Waals surface area contributed by atoms with E-state index in [4.69, 9.17) is 4.98 Å². The number of nitrogens with one attached hydrogen (secondary N) is 1. The van der Waals surface area contributed by atoms with Gasteiger partial charge < -0.3 is 5.32 Å². The third kappa shape index (κ3) is 3.85. The second kappa shape index (κ2) is 6.35. The van der Waals surface area contributed by atoms with Crippen LogP contribution in [-0.2, 0) is 10.8 Å². The van der Waals surface area contributed by atoms with E-state index in [0.29, 0.717) is 5.95 Å². The predicted octanol–water partition coefficient (Wildman–Crippen LogP) is 5.67. The van der Waals surface area contributed by atoms with E-state index in [1.807, 2.05) is 13.0 Å². The molecule has 1 N–H and O–H groups in total. The number of hydrogen-bond donors (Lipinski definition) is 1. The number of benzene rings is 1. The van der Waals surface area contributed by atoms with Crippen LogP contribution in [0.15, 0.2) is 36.5 Å². The van der Waals surface area contributed by atoms with E-state index in [0.717, 1.165) is 22.6 Å². The first-order chi connectivity index (χ1) is 12.0. The molecule has 0 bridgehead atoms. The van der Waals surface area contributed by atoms with E-state index in [-0.39, 0.29) is 10.8 Å². The van der Waals surface area contributed by atoms with Gasteiger partial charge in [-0.2, -0.15) is 0 Å². The van der Waals surface area contributed by atoms with Gasteiger partial charge in [-0.05, 0) is 42.2 Å². The average Bonchev–Trinajstić information content (AvgIpc) is 2.52. The molecule has 0 aliphatic rings. The lowest BCUT2D eigenvalue weighted by Gasteiger charge is -2.26. The standard InChI is InChI=1S/C22H28N4/c1-14-10-11-23-20(24-14)25-15-8-9-16-17(21(2,3)4)13-19(22(5,6)7)26-18(16)12-15/h8-13H,1-7H3,(H,23,24,25). The molecular formula is C22H28N4. The van der Waals surface area contributed by atoms with E-state index in [1.165, 1.54) is 10.9 Å². The Labute approximate surface area is 156 Å². The molecule has 0 amide bonds. The first kappa shape index (κ1) is 18.3. The summed E-state index contributed by atoms with van der Waals surface area (Å²) in [7, 11) is 0. The van der Waals surface area contributed by atoms with Crippen molar-refractivity contribution < 1.29 is 0 Å². The molecule has 0 saturated heterocycles. The van der Waals surface area contributed by atoms with Crippen molar-refractivity contribution in [2.75, 3.05) is 5.32 Å². The van der Waals surface area contributed by atoms with Crippen molar-refractivity contribution in [1.82, 2.24) is 15.0 Å². The van der Waals surface area contributed by atoms with Crippen LogP contribution in [0.3, 0.4) is 0 Å². The van der Waals surface area contributed by atoms with Crippen molar-refractivity contribution in [3.8, 4) is 0 Å². The fourth-order valence-electron chi connectivity index (χ4n) is 2.95. The molecule has 2 aromatic heterocycles. The van der Waals surface area contributed by atoms with Crippen LogP contribution in [-0.4, -0.2) is 15.0 Å². The fourth-order valence-corrected chi connectivity index (χ4v) is 2.95. The molecule has 26 heavy (non-hydrogen) atoms. The van der Waals surface area contributed by atoms with Gasteiger partial charge >= 0.3 is 0 Å². The maximum Gasteiger partial charge on any atom is 0.227 e. The van der Waals surface area contributed by atoms with E-state index in [2.05, 4.69) is 81.1 Å². The summed E-state index contributed by atoms with van der Waals surface area (Å²) in [5.74, 6) is 0.604. The van der Waals surface area contributed by atoms with Gasteiger partial charge in [-0.3, -0.25) is 4.98 Å². The lowest BCUT2D eigenvalue weighted by Crippen LogP contribution is -2.18. The van der Waals surface area contributed by atoms with Crippen LogP contribution in [0.5, 0.6) is 0 Å². The first-order valence-corrected chi connectivity index (χ1v) is 9.06. The summed E-state index contributed by atoms with van der Waals surface area (Å²) in [4.78, 5) is 13.7. The molecule has 1 aromatic carbocycles. The van der Waals surface area contributed by atoms with Gasteiger partial charge in [0.05, 0.1) is 5.52 Å². The third-order valence-corrected chi connectivity index (χ3v) is 4.44. The van der Waals surface area contributed by atoms with Gasteiger partial charge in [0, 0.05) is 34.1 Å². The zero-order valence-corrected chi connectivity index (χ0v) is 16.8. The summed E-state index contributed by atoms with van der Waals surface area (Å²) in [6.45, 7) is 15.3. The number of rotatable bonds is 2. The highest BCUT2D eigenvalue weighted by Gasteiger charge is 2.23. The summed E-state index contributed by atoms with van der Waals surface area (Å²) < 4.78 is 0. The molecule has 0 unspecified atom stereocenters. The van der Waals surface area contributed by atoms with E-state index < -0.39 is 0 Å². The van der Waals surface area contributed by atoms with Crippen LogP contribution in [0, 0.1) is 6.92 Å². The molecule has 0 aliphatic heterocycles. The van der Waals surface area contributed by atoms with Gasteiger partial charge in [0.25, 0.3) is 0 Å². The van der Waals surface area contributed by atoms with Crippen molar-refractivity contribution in [3.63, 3.8) is 0 Å². The van der Waals surface area contributed by atoms with E-state index in [9.17, 15) is 0 Å². The molecule has 0 saturated carbocycles. The fraction of sp³-hybridized carbons (Fsp3) is 0.409. The quantitative estimate of drug-likeness (QED) is 0.648. The van der Waals surface area contributed by atoms with Gasteiger partial charge in [0.2, 0.25) is 5.95 Å². The van der Waals surface area contributed by atoms with E-state index in [1.54, 1.807) is 6.20 Å². The lowest BCUT2D eigenvalue weighted by atomic mass is 9.81. The van der Waals surface area contributed by atoms with Crippen LogP contribution in [0.4, 0.5) is 11.6 Å². The minimum absolute atomic E-state index is 0.00270. The average molecular weight is 348 g/mol. The van der Waals surface area contributed by atoms with Gasteiger partial charge in [-0.1, -0.05) is 47.6 Å². The van der Waals surface area contributed by atoms with Crippen molar-refractivity contribution in [2.45, 2.75) is 59.3 Å². The van der Waals surface area contributed by atoms with Crippen LogP contribution in [0.2, 0.25) is 0 Å². The number of aromatic nitrogens is 3. The normalized spacial score (nSPS) is 12.4. The Balaban J connectivity index is 2.13. The van der Waals surface area contributed by atoms with Gasteiger partial charge in [-0.25, -0.2) is 9.97 Å². The highest BCUT2D eigenvalue weighted by atomic mass is 15.1. The smallest absolute Gasteiger partial charge is 0.227 e. The maximum atomic E-state index is 4.96. The van der Waals surface area contributed by atoms with Gasteiger partial charge in [0.1, 0.15) is 0 Å². The van der Waals surface area contributed by atoms with Crippen LogP contribution in [0.1, 0.15) is 58.5 Å². The van der Waals surface area contributed by atoms with Crippen LogP contribution in [0.25, 0.3) is 10.9 Å². The zero-order chi connectivity index (χ0) is 19.1. The first-order valence-electron chi connectivity index (χ1n) is 9.06. The molecule has 3 aromatic rings. The van der Waals surface area contributed by atoms with Crippen molar-refractivity contribution >= 4 is 22.5 Å². The summed E-state index contributed by atoms with van der Waals surface area (Å²) in [6.07, 6.45) is 1.76. The lowest BCUT2D eigenvalue weighted by molar-refractivity contribution is 0.558. The largest absolute Gasteiger partial charge is 0.324 e. The molecular weight excluding hydrogens is 320 g/mol. The van der Waals surface area contributed by atoms with Crippen molar-refractivity contribution in [3.05, 3.63) is 53.5 Å². The number of aryl methyl sites for hydroxylation is 1. The predicted molar refractivity (Wildman–Crippen MR) is 109 cm³/mol. The number of nitrogens with zero attached hydrogens (tertiary/aromatic N) is 3. The molecule has 0 fully saturated rings. The Hall–Kier alpha value is -2.49. The summed E-state index contributed by atoms with van der Waals surface area (Å²) in [5.41, 5.74) is 5.37. The molecule has 0 atom stereocenters. The summed E-state index contributed by atoms with van der Waals surface area (Å²) in [5, 5.41) is 4.49. The van der Waals surface area contributed by atoms with Crippen LogP contribution >= 0.6 is 0 Å². The van der Waals surface area contributed by atoms with Crippen LogP contribution < -0.4 is 5.32 Å². The Morgan fingerprint density at radius 2 is 1.58 bits per heavy atom. The molecule has 0 aliphatic carbocycles. The molecule has 3 rings (SSSR count). The SMILES string of the molecule is Cc1ccnc(Nc2ccc3c(C(C)(C)C)cc(C(C)(C)C)nc3c2)n1. The molecule has 4 nitrogen and oxygen atoms in total. The minimum atomic E-state index is -0.00270. The van der Waals surface area contributed by atoms with Gasteiger partial charge in [0.15, 0.2) is 0 Å². The minimum Gasteiger partial charge on any atom is -0.324 e. The highest BCUT2D eigenvalue weighted by molar-refractivity contribution is 5.87. The molecule has 136 valence electrons. The van der Waals surface area contributed by atoms with Gasteiger partial charge in [-0.15, -0.1) is 0 Å². The molecule has 2 heterocycles. The number of anilines is 2. The molecule has 0 spiro atoms. The summed E-state index contributed by atoms with van der Waals surface area (Å²) >= 11 is 0. The van der Waals surface area contributed by atoms with Crippen molar-refractivity contribution in [1.29, 1.82) is 0 Å². The number of fused-ring (bicyclic) bond motifs is 1. The Morgan fingerprint density at radius 1 is 0.846 bits per heavy atom. The second-order valence-corrected chi connectivity index (χ2v) is 8.93. The molecule has 0 radical (unpaired) electrons. The Morgan fingerprint density at radius 3 is 2.19 bits per heavy atom. The summed E-state index contributed by atoms with van der Waals surface area (Å²) in [6, 6.07) is 10.5.